The summed E-state index contributed by atoms with van der Waals surface area (Å²) in [5, 5.41) is 0. The Morgan fingerprint density at radius 1 is 1.30 bits per heavy atom. The smallest absolute Gasteiger partial charge is 0.00580 e. The zero-order chi connectivity index (χ0) is 7.40. The highest BCUT2D eigenvalue weighted by atomic mass is 32.2. The maximum Gasteiger partial charge on any atom is 0.00580 e. The minimum Gasteiger partial charge on any atom is -0.126 e. The first-order valence-electron chi connectivity index (χ1n) is 3.83. The normalized spacial score (nSPS) is 27.8. The molecule has 0 aromatic heterocycles. The molecule has 1 aliphatic heterocycles. The van der Waals surface area contributed by atoms with Gasteiger partial charge in [0.25, 0.3) is 0 Å². The predicted octanol–water partition coefficient (Wildman–Crippen LogP) is 3.36. The summed E-state index contributed by atoms with van der Waals surface area (Å²) in [4.78, 5) is 1.49. The van der Waals surface area contributed by atoms with Crippen LogP contribution in [0.5, 0.6) is 0 Å². The van der Waals surface area contributed by atoms with Gasteiger partial charge in [-0.15, -0.1) is 11.8 Å². The van der Waals surface area contributed by atoms with Crippen LogP contribution >= 0.6 is 11.8 Å². The quantitative estimate of drug-likeness (QED) is 0.515. The number of thioether (sulfide) groups is 1. The SMILES string of the molecule is CC=C1CCCSC1=CC. The molecule has 10 heavy (non-hydrogen) atoms. The lowest BCUT2D eigenvalue weighted by Gasteiger charge is -2.16. The highest BCUT2D eigenvalue weighted by Crippen LogP contribution is 2.33. The van der Waals surface area contributed by atoms with Crippen LogP contribution in [0.4, 0.5) is 0 Å². The summed E-state index contributed by atoms with van der Waals surface area (Å²) in [6, 6.07) is 0. The molecule has 0 aromatic carbocycles. The highest BCUT2D eigenvalue weighted by Gasteiger charge is 2.09. The molecule has 0 radical (unpaired) electrons. The van der Waals surface area contributed by atoms with E-state index in [1.54, 1.807) is 5.57 Å². The van der Waals surface area contributed by atoms with Gasteiger partial charge >= 0.3 is 0 Å². The molecule has 1 heterocycles. The topological polar surface area (TPSA) is 0 Å². The van der Waals surface area contributed by atoms with Crippen LogP contribution in [0.25, 0.3) is 0 Å². The van der Waals surface area contributed by atoms with Crippen molar-refractivity contribution in [1.29, 1.82) is 0 Å². The van der Waals surface area contributed by atoms with Crippen LogP contribution in [0.1, 0.15) is 26.7 Å². The molecule has 0 aliphatic carbocycles. The van der Waals surface area contributed by atoms with E-state index in [-0.39, 0.29) is 0 Å². The van der Waals surface area contributed by atoms with Crippen molar-refractivity contribution < 1.29 is 0 Å². The summed E-state index contributed by atoms with van der Waals surface area (Å²) in [5.41, 5.74) is 1.54. The third-order valence-corrected chi connectivity index (χ3v) is 3.08. The second-order valence-corrected chi connectivity index (χ2v) is 3.56. The van der Waals surface area contributed by atoms with Crippen molar-refractivity contribution in [2.24, 2.45) is 0 Å². The molecule has 1 saturated heterocycles. The molecule has 0 unspecified atom stereocenters. The van der Waals surface area contributed by atoms with E-state index in [2.05, 4.69) is 26.0 Å². The van der Waals surface area contributed by atoms with Crippen LogP contribution in [-0.4, -0.2) is 5.75 Å². The molecule has 0 atom stereocenters. The molecule has 56 valence electrons. The zero-order valence-corrected chi connectivity index (χ0v) is 7.50. The van der Waals surface area contributed by atoms with Crippen molar-refractivity contribution in [3.8, 4) is 0 Å². The Balaban J connectivity index is 2.69. The lowest BCUT2D eigenvalue weighted by Crippen LogP contribution is -1.96. The van der Waals surface area contributed by atoms with Gasteiger partial charge in [-0.25, -0.2) is 0 Å². The fraction of sp³-hybridized carbons (Fsp3) is 0.556. The standard InChI is InChI=1S/C9H14S/c1-3-8-6-5-7-10-9(8)4-2/h3-4H,5-7H2,1-2H3. The number of rotatable bonds is 0. The first-order valence-corrected chi connectivity index (χ1v) is 4.81. The van der Waals surface area contributed by atoms with Crippen molar-refractivity contribution in [1.82, 2.24) is 0 Å². The second-order valence-electron chi connectivity index (χ2n) is 2.42. The summed E-state index contributed by atoms with van der Waals surface area (Å²) >= 11 is 1.99. The van der Waals surface area contributed by atoms with Crippen LogP contribution in [0.3, 0.4) is 0 Å². The lowest BCUT2D eigenvalue weighted by atomic mass is 10.1. The van der Waals surface area contributed by atoms with E-state index in [4.69, 9.17) is 0 Å². The van der Waals surface area contributed by atoms with Crippen molar-refractivity contribution in [2.75, 3.05) is 5.75 Å². The molecule has 0 nitrogen and oxygen atoms in total. The Labute approximate surface area is 67.4 Å². The first kappa shape index (κ1) is 7.93. The van der Waals surface area contributed by atoms with Gasteiger partial charge in [0.15, 0.2) is 0 Å². The predicted molar refractivity (Wildman–Crippen MR) is 49.2 cm³/mol. The molecule has 1 aliphatic rings. The van der Waals surface area contributed by atoms with Crippen LogP contribution < -0.4 is 0 Å². The van der Waals surface area contributed by atoms with E-state index >= 15 is 0 Å². The van der Waals surface area contributed by atoms with Crippen LogP contribution in [0.2, 0.25) is 0 Å². The Kier molecular flexibility index (Phi) is 3.07. The summed E-state index contributed by atoms with van der Waals surface area (Å²) < 4.78 is 0. The van der Waals surface area contributed by atoms with Gasteiger partial charge in [-0.05, 0) is 38.0 Å². The van der Waals surface area contributed by atoms with Gasteiger partial charge in [0.1, 0.15) is 0 Å². The van der Waals surface area contributed by atoms with E-state index < -0.39 is 0 Å². The summed E-state index contributed by atoms with van der Waals surface area (Å²) in [6.07, 6.45) is 7.09. The van der Waals surface area contributed by atoms with E-state index in [0.717, 1.165) is 0 Å². The first-order chi connectivity index (χ1) is 4.88. The Bertz CT molecular complexity index is 146. The van der Waals surface area contributed by atoms with E-state index in [9.17, 15) is 0 Å². The van der Waals surface area contributed by atoms with Gasteiger partial charge in [-0.2, -0.15) is 0 Å². The maximum absolute atomic E-state index is 2.24. The molecule has 0 N–H and O–H groups in total. The Morgan fingerprint density at radius 2 is 2.10 bits per heavy atom. The summed E-state index contributed by atoms with van der Waals surface area (Å²) in [6.45, 7) is 4.25. The largest absolute Gasteiger partial charge is 0.126 e. The van der Waals surface area contributed by atoms with Crippen molar-refractivity contribution in [3.63, 3.8) is 0 Å². The molecule has 1 rings (SSSR count). The average Bonchev–Trinajstić information content (AvgIpc) is 2.04. The maximum atomic E-state index is 2.24. The third kappa shape index (κ3) is 1.66. The lowest BCUT2D eigenvalue weighted by molar-refractivity contribution is 0.917. The monoisotopic (exact) mass is 154 g/mol. The Hall–Kier alpha value is -0.170. The van der Waals surface area contributed by atoms with Crippen molar-refractivity contribution >= 4 is 11.8 Å². The fourth-order valence-corrected chi connectivity index (χ4v) is 2.30. The fourth-order valence-electron chi connectivity index (χ4n) is 1.22. The molecular weight excluding hydrogens is 140 g/mol. The minimum atomic E-state index is 1.28. The molecular formula is C9H14S. The van der Waals surface area contributed by atoms with Gasteiger partial charge in [-0.3, -0.25) is 0 Å². The van der Waals surface area contributed by atoms with Crippen LogP contribution in [0, 0.1) is 0 Å². The highest BCUT2D eigenvalue weighted by molar-refractivity contribution is 8.03. The number of hydrogen-bond acceptors (Lipinski definition) is 1. The zero-order valence-electron chi connectivity index (χ0n) is 6.68. The second kappa shape index (κ2) is 3.87. The Morgan fingerprint density at radius 3 is 2.60 bits per heavy atom. The van der Waals surface area contributed by atoms with Crippen LogP contribution in [-0.2, 0) is 0 Å². The molecule has 0 bridgehead atoms. The van der Waals surface area contributed by atoms with Crippen molar-refractivity contribution in [2.45, 2.75) is 26.7 Å². The molecule has 0 saturated carbocycles. The third-order valence-electron chi connectivity index (χ3n) is 1.78. The van der Waals surface area contributed by atoms with E-state index in [1.165, 1.54) is 23.5 Å². The molecule has 0 spiro atoms. The summed E-state index contributed by atoms with van der Waals surface area (Å²) in [5.74, 6) is 1.30. The molecule has 0 aromatic rings. The van der Waals surface area contributed by atoms with Gasteiger partial charge < -0.3 is 0 Å². The average molecular weight is 154 g/mol. The van der Waals surface area contributed by atoms with Crippen molar-refractivity contribution in [3.05, 3.63) is 22.6 Å². The van der Waals surface area contributed by atoms with E-state index in [0.29, 0.717) is 0 Å². The van der Waals surface area contributed by atoms with Gasteiger partial charge in [0.05, 0.1) is 0 Å². The molecule has 0 amide bonds. The molecule has 1 fully saturated rings. The van der Waals surface area contributed by atoms with Gasteiger partial charge in [0, 0.05) is 4.91 Å². The number of allylic oxidation sites excluding steroid dienone is 3. The summed E-state index contributed by atoms with van der Waals surface area (Å²) in [7, 11) is 0. The molecule has 1 heteroatoms. The number of hydrogen-bond donors (Lipinski definition) is 0. The van der Waals surface area contributed by atoms with E-state index in [1.807, 2.05) is 11.8 Å². The minimum absolute atomic E-state index is 1.28. The van der Waals surface area contributed by atoms with Gasteiger partial charge in [0.2, 0.25) is 0 Å². The van der Waals surface area contributed by atoms with Crippen LogP contribution in [0.15, 0.2) is 22.6 Å². The van der Waals surface area contributed by atoms with Gasteiger partial charge in [-0.1, -0.05) is 12.2 Å².